The number of nitrogens with one attached hydrogen (secondary N) is 2. The van der Waals surface area contributed by atoms with Crippen molar-refractivity contribution in [2.75, 3.05) is 5.32 Å². The van der Waals surface area contributed by atoms with E-state index in [1.165, 1.54) is 12.1 Å². The van der Waals surface area contributed by atoms with E-state index in [1.807, 2.05) is 19.2 Å². The minimum absolute atomic E-state index is 0.0846. The Bertz CT molecular complexity index is 1220. The molecule has 1 aromatic heterocycles. The Morgan fingerprint density at radius 3 is 2.35 bits per heavy atom. The van der Waals surface area contributed by atoms with Crippen molar-refractivity contribution in [3.05, 3.63) is 81.3 Å². The highest BCUT2D eigenvalue weighted by Gasteiger charge is 2.15. The Hall–Kier alpha value is -3.04. The number of hydrazone groups is 1. The molecule has 6 nitrogen and oxygen atoms in total. The molecule has 0 fully saturated rings. The van der Waals surface area contributed by atoms with Crippen LogP contribution in [0, 0.1) is 12.7 Å². The topological polar surface area (TPSA) is 87.6 Å². The summed E-state index contributed by atoms with van der Waals surface area (Å²) in [5.41, 5.74) is 3.47. The van der Waals surface area contributed by atoms with Crippen LogP contribution in [-0.4, -0.2) is 20.0 Å². The summed E-state index contributed by atoms with van der Waals surface area (Å²) in [4.78, 5) is 15.8. The van der Waals surface area contributed by atoms with E-state index in [1.54, 1.807) is 42.5 Å². The largest absolute Gasteiger partial charge is 0.322 e. The Kier molecular flexibility index (Phi) is 6.87. The molecule has 2 aromatic carbocycles. The average molecular weight is 460 g/mol. The van der Waals surface area contributed by atoms with Gasteiger partial charge in [-0.25, -0.2) is 4.39 Å². The second-order valence-corrected chi connectivity index (χ2v) is 9.56. The molecule has 0 bridgehead atoms. The van der Waals surface area contributed by atoms with E-state index in [9.17, 15) is 17.6 Å². The Labute approximate surface area is 184 Å². The molecule has 0 spiro atoms. The van der Waals surface area contributed by atoms with Gasteiger partial charge < -0.3 is 5.32 Å². The van der Waals surface area contributed by atoms with Crippen LogP contribution in [0.2, 0.25) is 0 Å². The van der Waals surface area contributed by atoms with Gasteiger partial charge in [0.2, 0.25) is 0 Å². The third-order valence-electron chi connectivity index (χ3n) is 4.72. The zero-order valence-corrected chi connectivity index (χ0v) is 18.9. The lowest BCUT2D eigenvalue weighted by atomic mass is 10.1. The molecule has 1 amide bonds. The van der Waals surface area contributed by atoms with Gasteiger partial charge in [-0.15, -0.1) is 11.3 Å². The molecule has 0 aliphatic heterocycles. The van der Waals surface area contributed by atoms with Crippen LogP contribution < -0.4 is 10.1 Å². The van der Waals surface area contributed by atoms with Crippen molar-refractivity contribution in [2.45, 2.75) is 32.1 Å². The van der Waals surface area contributed by atoms with Crippen LogP contribution in [0.5, 0.6) is 0 Å². The van der Waals surface area contributed by atoms with E-state index in [2.05, 4.69) is 15.2 Å². The van der Waals surface area contributed by atoms with Gasteiger partial charge in [-0.05, 0) is 67.8 Å². The maximum atomic E-state index is 13.0. The second-order valence-electron chi connectivity index (χ2n) is 6.82. The monoisotopic (exact) mass is 459 g/mol. The van der Waals surface area contributed by atoms with Crippen molar-refractivity contribution in [1.82, 2.24) is 4.83 Å². The van der Waals surface area contributed by atoms with Gasteiger partial charge in [0.05, 0.1) is 16.2 Å². The number of amides is 1. The fourth-order valence-electron chi connectivity index (χ4n) is 2.96. The molecule has 0 atom stereocenters. The minimum Gasteiger partial charge on any atom is -0.322 e. The fourth-order valence-corrected chi connectivity index (χ4v) is 4.76. The van der Waals surface area contributed by atoms with Gasteiger partial charge in [0.25, 0.3) is 15.9 Å². The quantitative estimate of drug-likeness (QED) is 0.396. The number of rotatable bonds is 7. The van der Waals surface area contributed by atoms with Crippen LogP contribution in [0.1, 0.15) is 40.2 Å². The maximum absolute atomic E-state index is 13.0. The van der Waals surface area contributed by atoms with Gasteiger partial charge in [0, 0.05) is 15.9 Å². The Balaban J connectivity index is 1.69. The highest BCUT2D eigenvalue weighted by molar-refractivity contribution is 7.89. The number of aryl methyl sites for hydroxylation is 1. The molecule has 0 radical (unpaired) electrons. The first-order valence-electron chi connectivity index (χ1n) is 9.51. The Morgan fingerprint density at radius 1 is 1.10 bits per heavy atom. The molecule has 162 valence electrons. The van der Waals surface area contributed by atoms with Gasteiger partial charge in [-0.2, -0.15) is 18.4 Å². The number of thiophene rings is 1. The zero-order valence-electron chi connectivity index (χ0n) is 17.3. The van der Waals surface area contributed by atoms with E-state index < -0.39 is 15.8 Å². The molecule has 3 aromatic rings. The third kappa shape index (κ3) is 5.36. The van der Waals surface area contributed by atoms with E-state index in [0.717, 1.165) is 29.0 Å². The zero-order chi connectivity index (χ0) is 22.6. The predicted molar refractivity (Wildman–Crippen MR) is 122 cm³/mol. The maximum Gasteiger partial charge on any atom is 0.276 e. The summed E-state index contributed by atoms with van der Waals surface area (Å²) in [5.74, 6) is -0.683. The standard InChI is InChI=1S/C22H22FN3O3S2/c1-4-20-15(3)30-13-21(20)22(27)24-18-9-5-16(6-10-18)14(2)25-26-31(28,29)19-11-7-17(23)8-12-19/h5-13,26H,4H2,1-3H3,(H,24,27)/b25-14-. The number of hydrogen-bond acceptors (Lipinski definition) is 5. The number of nitrogens with zero attached hydrogens (tertiary/aromatic N) is 1. The lowest BCUT2D eigenvalue weighted by Gasteiger charge is -2.08. The minimum atomic E-state index is -3.90. The van der Waals surface area contributed by atoms with Crippen LogP contribution in [0.25, 0.3) is 0 Å². The number of anilines is 1. The summed E-state index contributed by atoms with van der Waals surface area (Å²) in [7, 11) is -3.90. The van der Waals surface area contributed by atoms with Gasteiger partial charge in [0.15, 0.2) is 0 Å². The lowest BCUT2D eigenvalue weighted by Crippen LogP contribution is -2.20. The normalized spacial score (nSPS) is 11.9. The van der Waals surface area contributed by atoms with Crippen molar-refractivity contribution in [3.63, 3.8) is 0 Å². The smallest absolute Gasteiger partial charge is 0.276 e. The molecule has 0 saturated heterocycles. The van der Waals surface area contributed by atoms with Gasteiger partial charge >= 0.3 is 0 Å². The van der Waals surface area contributed by atoms with E-state index >= 15 is 0 Å². The van der Waals surface area contributed by atoms with Crippen molar-refractivity contribution >= 4 is 38.7 Å². The molecular weight excluding hydrogens is 437 g/mol. The van der Waals surface area contributed by atoms with Crippen molar-refractivity contribution < 1.29 is 17.6 Å². The molecule has 1 heterocycles. The third-order valence-corrected chi connectivity index (χ3v) is 6.90. The van der Waals surface area contributed by atoms with Crippen LogP contribution in [0.3, 0.4) is 0 Å². The van der Waals surface area contributed by atoms with Gasteiger partial charge in [0.1, 0.15) is 5.82 Å². The molecule has 0 unspecified atom stereocenters. The molecule has 0 saturated carbocycles. The molecule has 31 heavy (non-hydrogen) atoms. The molecular formula is C22H22FN3O3S2. The predicted octanol–water partition coefficient (Wildman–Crippen LogP) is 4.71. The number of carbonyl (C=O) groups is 1. The number of sulfonamides is 1. The molecule has 0 aliphatic rings. The van der Waals surface area contributed by atoms with E-state index in [4.69, 9.17) is 0 Å². The van der Waals surface area contributed by atoms with Crippen molar-refractivity contribution in [1.29, 1.82) is 0 Å². The molecule has 2 N–H and O–H groups in total. The number of halogens is 1. The highest BCUT2D eigenvalue weighted by atomic mass is 32.2. The highest BCUT2D eigenvalue weighted by Crippen LogP contribution is 2.23. The molecule has 9 heteroatoms. The average Bonchev–Trinajstić information content (AvgIpc) is 3.13. The summed E-state index contributed by atoms with van der Waals surface area (Å²) < 4.78 is 37.5. The molecule has 3 rings (SSSR count). The summed E-state index contributed by atoms with van der Waals surface area (Å²) in [6, 6.07) is 11.4. The van der Waals surface area contributed by atoms with Gasteiger partial charge in [-0.3, -0.25) is 4.79 Å². The van der Waals surface area contributed by atoms with Crippen molar-refractivity contribution in [3.8, 4) is 0 Å². The van der Waals surface area contributed by atoms with Crippen LogP contribution in [0.4, 0.5) is 10.1 Å². The SMILES string of the molecule is CCc1c(C(=O)Nc2ccc(/C(C)=N\NS(=O)(=O)c3ccc(F)cc3)cc2)csc1C. The van der Waals surface area contributed by atoms with Crippen LogP contribution in [0.15, 0.2) is 63.9 Å². The number of benzene rings is 2. The number of carbonyl (C=O) groups excluding carboxylic acids is 1. The molecule has 0 aliphatic carbocycles. The summed E-state index contributed by atoms with van der Waals surface area (Å²) in [5, 5.41) is 8.67. The summed E-state index contributed by atoms with van der Waals surface area (Å²) in [6.07, 6.45) is 0.792. The summed E-state index contributed by atoms with van der Waals surface area (Å²) >= 11 is 1.56. The first-order valence-corrected chi connectivity index (χ1v) is 11.9. The van der Waals surface area contributed by atoms with Gasteiger partial charge in [-0.1, -0.05) is 19.1 Å². The van der Waals surface area contributed by atoms with E-state index in [0.29, 0.717) is 22.5 Å². The number of hydrogen-bond donors (Lipinski definition) is 2. The summed E-state index contributed by atoms with van der Waals surface area (Å²) in [6.45, 7) is 5.68. The van der Waals surface area contributed by atoms with Crippen LogP contribution >= 0.6 is 11.3 Å². The van der Waals surface area contributed by atoms with Crippen LogP contribution in [-0.2, 0) is 16.4 Å². The van der Waals surface area contributed by atoms with E-state index in [-0.39, 0.29) is 10.8 Å². The second kappa shape index (κ2) is 9.40. The Morgan fingerprint density at radius 2 is 1.74 bits per heavy atom. The lowest BCUT2D eigenvalue weighted by molar-refractivity contribution is 0.102. The fraction of sp³-hybridized carbons (Fsp3) is 0.182. The van der Waals surface area contributed by atoms with Crippen molar-refractivity contribution in [2.24, 2.45) is 5.10 Å². The first-order chi connectivity index (χ1) is 14.7. The first kappa shape index (κ1) is 22.6.